The van der Waals surface area contributed by atoms with Gasteiger partial charge >= 0.3 is 0 Å². The third kappa shape index (κ3) is 2.37. The third-order valence-electron chi connectivity index (χ3n) is 4.42. The molecule has 2 aliphatic rings. The van der Waals surface area contributed by atoms with Crippen molar-refractivity contribution in [2.45, 2.75) is 44.9 Å². The normalized spacial score (nSPS) is 31.2. The van der Waals surface area contributed by atoms with E-state index in [1.54, 1.807) is 0 Å². The van der Waals surface area contributed by atoms with Crippen LogP contribution in [0.5, 0.6) is 0 Å². The van der Waals surface area contributed by atoms with Crippen LogP contribution in [0.25, 0.3) is 0 Å². The monoisotopic (exact) mass is 235 g/mol. The number of nitrogens with two attached hydrogens (primary N) is 1. The van der Waals surface area contributed by atoms with E-state index in [4.69, 9.17) is 10.2 Å². The highest BCUT2D eigenvalue weighted by Gasteiger charge is 2.39. The van der Waals surface area contributed by atoms with Crippen molar-refractivity contribution in [3.05, 3.63) is 11.8 Å². The number of aryl methyl sites for hydroxylation is 1. The lowest BCUT2D eigenvalue weighted by molar-refractivity contribution is 0.303. The number of nitrogens with zero attached hydrogens (tertiary/aromatic N) is 2. The van der Waals surface area contributed by atoms with Gasteiger partial charge in [0.2, 0.25) is 11.8 Å². The van der Waals surface area contributed by atoms with Gasteiger partial charge in [-0.05, 0) is 50.0 Å². The molecule has 2 aliphatic carbocycles. The Kier molecular flexibility index (Phi) is 3.14. The molecule has 2 bridgehead atoms. The van der Waals surface area contributed by atoms with E-state index >= 15 is 0 Å². The maximum Gasteiger partial charge on any atom is 0.216 e. The van der Waals surface area contributed by atoms with Crippen molar-refractivity contribution >= 4 is 0 Å². The predicted octanol–water partition coefficient (Wildman–Crippen LogP) is 1.94. The van der Waals surface area contributed by atoms with Crippen molar-refractivity contribution in [2.24, 2.45) is 23.5 Å². The molecule has 3 unspecified atom stereocenters. The summed E-state index contributed by atoms with van der Waals surface area (Å²) in [6, 6.07) is 0. The van der Waals surface area contributed by atoms with E-state index in [1.165, 1.54) is 25.7 Å². The molecule has 2 N–H and O–H groups in total. The van der Waals surface area contributed by atoms with Crippen LogP contribution in [0.1, 0.15) is 43.9 Å². The minimum absolute atomic E-state index is 0.685. The summed E-state index contributed by atoms with van der Waals surface area (Å²) >= 11 is 0. The fourth-order valence-electron chi connectivity index (χ4n) is 3.58. The van der Waals surface area contributed by atoms with Crippen molar-refractivity contribution in [3.63, 3.8) is 0 Å². The van der Waals surface area contributed by atoms with Gasteiger partial charge in [-0.1, -0.05) is 6.42 Å². The van der Waals surface area contributed by atoms with Gasteiger partial charge in [0.1, 0.15) is 0 Å². The molecule has 0 amide bonds. The summed E-state index contributed by atoms with van der Waals surface area (Å²) in [4.78, 5) is 0. The van der Waals surface area contributed by atoms with E-state index in [0.29, 0.717) is 6.54 Å². The van der Waals surface area contributed by atoms with E-state index in [1.807, 2.05) is 0 Å². The van der Waals surface area contributed by atoms with Gasteiger partial charge in [0.25, 0.3) is 0 Å². The molecule has 17 heavy (non-hydrogen) atoms. The van der Waals surface area contributed by atoms with Gasteiger partial charge in [0.05, 0.1) is 0 Å². The van der Waals surface area contributed by atoms with Crippen LogP contribution in [-0.4, -0.2) is 16.7 Å². The van der Waals surface area contributed by atoms with Gasteiger partial charge in [-0.25, -0.2) is 0 Å². The van der Waals surface area contributed by atoms with Crippen molar-refractivity contribution in [3.8, 4) is 0 Å². The average molecular weight is 235 g/mol. The Bertz CT molecular complexity index is 376. The predicted molar refractivity (Wildman–Crippen MR) is 64.3 cm³/mol. The molecule has 94 valence electrons. The number of aromatic nitrogens is 2. The maximum atomic E-state index is 5.68. The summed E-state index contributed by atoms with van der Waals surface area (Å²) in [6.07, 6.45) is 8.44. The minimum Gasteiger partial charge on any atom is -0.425 e. The third-order valence-corrected chi connectivity index (χ3v) is 4.42. The van der Waals surface area contributed by atoms with E-state index in [2.05, 4.69) is 10.2 Å². The first-order valence-corrected chi connectivity index (χ1v) is 6.86. The zero-order chi connectivity index (χ0) is 11.7. The molecule has 0 aromatic carbocycles. The smallest absolute Gasteiger partial charge is 0.216 e. The summed E-state index contributed by atoms with van der Waals surface area (Å²) < 4.78 is 5.68. The summed E-state index contributed by atoms with van der Waals surface area (Å²) in [5.74, 6) is 4.32. The number of rotatable bonds is 5. The lowest BCUT2D eigenvalue weighted by atomic mass is 9.86. The lowest BCUT2D eigenvalue weighted by Crippen LogP contribution is -2.13. The van der Waals surface area contributed by atoms with Crippen LogP contribution >= 0.6 is 0 Å². The zero-order valence-corrected chi connectivity index (χ0v) is 10.3. The van der Waals surface area contributed by atoms with E-state index < -0.39 is 0 Å². The molecule has 0 spiro atoms. The van der Waals surface area contributed by atoms with Crippen molar-refractivity contribution in [2.75, 3.05) is 6.54 Å². The van der Waals surface area contributed by atoms with Crippen LogP contribution in [-0.2, 0) is 12.8 Å². The molecular weight excluding hydrogens is 214 g/mol. The Morgan fingerprint density at radius 3 is 2.76 bits per heavy atom. The van der Waals surface area contributed by atoms with Crippen LogP contribution in [0.4, 0.5) is 0 Å². The highest BCUT2D eigenvalue weighted by molar-refractivity contribution is 4.94. The second kappa shape index (κ2) is 4.77. The summed E-state index contributed by atoms with van der Waals surface area (Å²) in [5.41, 5.74) is 5.47. The number of hydrogen-bond donors (Lipinski definition) is 1. The number of fused-ring (bicyclic) bond motifs is 2. The van der Waals surface area contributed by atoms with Crippen molar-refractivity contribution in [1.82, 2.24) is 10.2 Å². The molecule has 3 rings (SSSR count). The summed E-state index contributed by atoms with van der Waals surface area (Å²) in [5, 5.41) is 8.24. The van der Waals surface area contributed by atoms with Gasteiger partial charge in [0, 0.05) is 12.8 Å². The fourth-order valence-corrected chi connectivity index (χ4v) is 3.58. The topological polar surface area (TPSA) is 64.9 Å². The highest BCUT2D eigenvalue weighted by atomic mass is 16.4. The van der Waals surface area contributed by atoms with E-state index in [0.717, 1.165) is 48.8 Å². The Hall–Kier alpha value is -0.900. The zero-order valence-electron chi connectivity index (χ0n) is 10.3. The minimum atomic E-state index is 0.685. The van der Waals surface area contributed by atoms with Gasteiger partial charge in [0.15, 0.2) is 0 Å². The van der Waals surface area contributed by atoms with Gasteiger partial charge in [-0.3, -0.25) is 0 Å². The van der Waals surface area contributed by atoms with Crippen molar-refractivity contribution in [1.29, 1.82) is 0 Å². The molecule has 1 heterocycles. The molecule has 4 nitrogen and oxygen atoms in total. The Balaban J connectivity index is 1.56. The quantitative estimate of drug-likeness (QED) is 0.847. The Morgan fingerprint density at radius 1 is 1.18 bits per heavy atom. The standard InChI is InChI=1S/C13H21N3O/c14-5-1-2-12-15-16-13(17-12)8-11-7-9-3-4-10(11)6-9/h9-11H,1-8,14H2. The maximum absolute atomic E-state index is 5.68. The first-order valence-electron chi connectivity index (χ1n) is 6.86. The fraction of sp³-hybridized carbons (Fsp3) is 0.846. The molecule has 0 radical (unpaired) electrons. The highest BCUT2D eigenvalue weighted by Crippen LogP contribution is 2.49. The van der Waals surface area contributed by atoms with E-state index in [9.17, 15) is 0 Å². The van der Waals surface area contributed by atoms with Crippen LogP contribution in [0.2, 0.25) is 0 Å². The Morgan fingerprint density at radius 2 is 2.06 bits per heavy atom. The largest absolute Gasteiger partial charge is 0.425 e. The molecule has 2 saturated carbocycles. The first-order chi connectivity index (χ1) is 8.35. The van der Waals surface area contributed by atoms with E-state index in [-0.39, 0.29) is 0 Å². The molecule has 4 heteroatoms. The molecular formula is C13H21N3O. The van der Waals surface area contributed by atoms with Gasteiger partial charge in [-0.15, -0.1) is 10.2 Å². The summed E-state index contributed by atoms with van der Waals surface area (Å²) in [6.45, 7) is 0.685. The second-order valence-electron chi connectivity index (χ2n) is 5.62. The first kappa shape index (κ1) is 11.2. The van der Waals surface area contributed by atoms with Gasteiger partial charge < -0.3 is 10.2 Å². The average Bonchev–Trinajstić information content (AvgIpc) is 3.02. The molecule has 3 atom stereocenters. The van der Waals surface area contributed by atoms with Crippen molar-refractivity contribution < 1.29 is 4.42 Å². The van der Waals surface area contributed by atoms with Crippen LogP contribution in [0.3, 0.4) is 0 Å². The van der Waals surface area contributed by atoms with Crippen LogP contribution in [0, 0.1) is 17.8 Å². The second-order valence-corrected chi connectivity index (χ2v) is 5.62. The molecule has 1 aromatic heterocycles. The Labute approximate surface area is 102 Å². The number of hydrogen-bond acceptors (Lipinski definition) is 4. The van der Waals surface area contributed by atoms with Gasteiger partial charge in [-0.2, -0.15) is 0 Å². The van der Waals surface area contributed by atoms with Crippen LogP contribution in [0.15, 0.2) is 4.42 Å². The summed E-state index contributed by atoms with van der Waals surface area (Å²) in [7, 11) is 0. The lowest BCUT2D eigenvalue weighted by Gasteiger charge is -2.19. The molecule has 0 saturated heterocycles. The SMILES string of the molecule is NCCCc1nnc(CC2CC3CCC2C3)o1. The molecule has 2 fully saturated rings. The molecule has 1 aromatic rings. The van der Waals surface area contributed by atoms with Crippen LogP contribution < -0.4 is 5.73 Å². The molecule has 0 aliphatic heterocycles.